The molecule has 2 aliphatic rings. The Labute approximate surface area is 160 Å². The Morgan fingerprint density at radius 1 is 1.23 bits per heavy atom. The quantitative estimate of drug-likeness (QED) is 0.817. The van der Waals surface area contributed by atoms with E-state index in [-0.39, 0.29) is 23.8 Å². The number of nitrogens with zero attached hydrogens (tertiary/aromatic N) is 2. The van der Waals surface area contributed by atoms with Gasteiger partial charge in [0, 0.05) is 35.1 Å². The number of rotatable bonds is 5. The highest BCUT2D eigenvalue weighted by Gasteiger charge is 2.41. The summed E-state index contributed by atoms with van der Waals surface area (Å²) in [6.07, 6.45) is 3.98. The van der Waals surface area contributed by atoms with Gasteiger partial charge in [0.05, 0.1) is 11.7 Å². The molecule has 0 radical (unpaired) electrons. The van der Waals surface area contributed by atoms with Crippen molar-refractivity contribution >= 4 is 27.7 Å². The van der Waals surface area contributed by atoms with Gasteiger partial charge in [0.25, 0.3) is 5.91 Å². The van der Waals surface area contributed by atoms with Crippen LogP contribution in [-0.4, -0.2) is 28.2 Å². The van der Waals surface area contributed by atoms with E-state index in [4.69, 9.17) is 5.73 Å². The molecule has 26 heavy (non-hydrogen) atoms. The first-order valence-corrected chi connectivity index (χ1v) is 9.62. The van der Waals surface area contributed by atoms with Crippen molar-refractivity contribution in [2.45, 2.75) is 25.3 Å². The van der Waals surface area contributed by atoms with Crippen molar-refractivity contribution in [2.24, 2.45) is 17.6 Å². The molecule has 1 saturated carbocycles. The van der Waals surface area contributed by atoms with Crippen LogP contribution in [-0.2, 0) is 11.2 Å². The number of hydrogen-bond donors (Lipinski definition) is 1. The zero-order chi connectivity index (χ0) is 18.3. The van der Waals surface area contributed by atoms with Crippen molar-refractivity contribution in [3.63, 3.8) is 0 Å². The number of carbonyl (C=O) groups excluding carboxylic acids is 2. The van der Waals surface area contributed by atoms with Gasteiger partial charge in [-0.15, -0.1) is 0 Å². The highest BCUT2D eigenvalue weighted by atomic mass is 79.9. The third-order valence-corrected chi connectivity index (χ3v) is 6.22. The second-order valence-corrected chi connectivity index (χ2v) is 7.99. The van der Waals surface area contributed by atoms with Crippen LogP contribution in [0.15, 0.2) is 47.1 Å². The Morgan fingerprint density at radius 3 is 2.73 bits per heavy atom. The molecule has 134 valence electrons. The summed E-state index contributed by atoms with van der Waals surface area (Å²) < 4.78 is 0.953. The number of pyridine rings is 1. The number of fused-ring (bicyclic) bond motifs is 1. The lowest BCUT2D eigenvalue weighted by Gasteiger charge is -2.37. The van der Waals surface area contributed by atoms with Gasteiger partial charge in [-0.2, -0.15) is 0 Å². The molecular formula is C20H20BrN3O2. The van der Waals surface area contributed by atoms with Crippen molar-refractivity contribution in [1.82, 2.24) is 9.88 Å². The molecule has 1 aromatic carbocycles. The largest absolute Gasteiger partial charge is 0.369 e. The number of halogens is 1. The number of hydrogen-bond acceptors (Lipinski definition) is 3. The van der Waals surface area contributed by atoms with E-state index < -0.39 is 0 Å². The molecule has 1 fully saturated rings. The van der Waals surface area contributed by atoms with Gasteiger partial charge < -0.3 is 10.6 Å². The number of amides is 2. The molecule has 6 heteroatoms. The summed E-state index contributed by atoms with van der Waals surface area (Å²) in [5.74, 6) is 0.135. The molecule has 2 aromatic rings. The monoisotopic (exact) mass is 413 g/mol. The maximum Gasteiger partial charge on any atom is 0.254 e. The summed E-state index contributed by atoms with van der Waals surface area (Å²) in [5.41, 5.74) is 8.15. The molecule has 1 atom stereocenters. The zero-order valence-corrected chi connectivity index (χ0v) is 15.9. The van der Waals surface area contributed by atoms with Crippen LogP contribution < -0.4 is 5.73 Å². The third kappa shape index (κ3) is 3.03. The summed E-state index contributed by atoms with van der Waals surface area (Å²) in [6, 6.07) is 11.6. The number of carbonyl (C=O) groups is 2. The molecule has 0 bridgehead atoms. The van der Waals surface area contributed by atoms with E-state index in [1.54, 1.807) is 6.20 Å². The van der Waals surface area contributed by atoms with Crippen molar-refractivity contribution in [2.75, 3.05) is 6.54 Å². The Balaban J connectivity index is 1.58. The maximum atomic E-state index is 13.0. The molecule has 2 N–H and O–H groups in total. The van der Waals surface area contributed by atoms with Crippen molar-refractivity contribution in [1.29, 1.82) is 0 Å². The lowest BCUT2D eigenvalue weighted by molar-refractivity contribution is -0.125. The Morgan fingerprint density at radius 2 is 2.00 bits per heavy atom. The summed E-state index contributed by atoms with van der Waals surface area (Å²) in [6.45, 7) is 0.659. The van der Waals surface area contributed by atoms with E-state index in [0.717, 1.165) is 34.1 Å². The molecule has 1 aliphatic carbocycles. The standard InChI is InChI=1S/C20H20BrN3O2/c21-16-6-3-7-23-17(16)10-18-14-4-1-2-5-15(14)20(26)24(18)11-12-8-13(9-12)19(22)25/h1-7,12-13,18H,8-11H2,(H2,22,25). The summed E-state index contributed by atoms with van der Waals surface area (Å²) >= 11 is 3.56. The number of nitrogens with two attached hydrogens (primary N) is 1. The van der Waals surface area contributed by atoms with Crippen LogP contribution in [0.3, 0.4) is 0 Å². The second kappa shape index (κ2) is 6.83. The highest BCUT2D eigenvalue weighted by Crippen LogP contribution is 2.41. The van der Waals surface area contributed by atoms with Crippen molar-refractivity contribution < 1.29 is 9.59 Å². The smallest absolute Gasteiger partial charge is 0.254 e. The molecule has 0 saturated heterocycles. The first-order chi connectivity index (χ1) is 12.5. The van der Waals surface area contributed by atoms with E-state index in [1.165, 1.54) is 0 Å². The molecule has 5 nitrogen and oxygen atoms in total. The predicted octanol–water partition coefficient (Wildman–Crippen LogP) is 3.10. The number of benzene rings is 1. The van der Waals surface area contributed by atoms with Gasteiger partial charge in [0.1, 0.15) is 0 Å². The molecule has 2 heterocycles. The van der Waals surface area contributed by atoms with Crippen LogP contribution in [0, 0.1) is 11.8 Å². The molecule has 2 amide bonds. The third-order valence-electron chi connectivity index (χ3n) is 5.50. The highest BCUT2D eigenvalue weighted by molar-refractivity contribution is 9.10. The fourth-order valence-corrected chi connectivity index (χ4v) is 4.44. The van der Waals surface area contributed by atoms with E-state index in [0.29, 0.717) is 18.9 Å². The lowest BCUT2D eigenvalue weighted by atomic mass is 9.74. The summed E-state index contributed by atoms with van der Waals surface area (Å²) in [5, 5.41) is 0. The SMILES string of the molecule is NC(=O)C1CC(CN2C(=O)c3ccccc3C2Cc2ncccc2Br)C1. The fourth-order valence-electron chi connectivity index (χ4n) is 4.02. The molecule has 4 rings (SSSR count). The van der Waals surface area contributed by atoms with Crippen molar-refractivity contribution in [3.05, 3.63) is 63.9 Å². The first-order valence-electron chi connectivity index (χ1n) is 8.83. The molecular weight excluding hydrogens is 394 g/mol. The van der Waals surface area contributed by atoms with Gasteiger partial charge in [-0.05, 0) is 58.5 Å². The van der Waals surface area contributed by atoms with Gasteiger partial charge in [-0.3, -0.25) is 14.6 Å². The second-order valence-electron chi connectivity index (χ2n) is 7.13. The van der Waals surface area contributed by atoms with Crippen LogP contribution in [0.25, 0.3) is 0 Å². The Hall–Kier alpha value is -2.21. The minimum absolute atomic E-state index is 0.0301. The summed E-state index contributed by atoms with van der Waals surface area (Å²) in [7, 11) is 0. The van der Waals surface area contributed by atoms with Gasteiger partial charge in [0.2, 0.25) is 5.91 Å². The fraction of sp³-hybridized carbons (Fsp3) is 0.350. The van der Waals surface area contributed by atoms with Gasteiger partial charge in [0.15, 0.2) is 0 Å². The predicted molar refractivity (Wildman–Crippen MR) is 101 cm³/mol. The van der Waals surface area contributed by atoms with Crippen LogP contribution in [0.5, 0.6) is 0 Å². The molecule has 0 spiro atoms. The maximum absolute atomic E-state index is 13.0. The van der Waals surface area contributed by atoms with E-state index in [1.807, 2.05) is 41.3 Å². The summed E-state index contributed by atoms with van der Waals surface area (Å²) in [4.78, 5) is 30.7. The van der Waals surface area contributed by atoms with Crippen LogP contribution in [0.4, 0.5) is 0 Å². The number of aromatic nitrogens is 1. The molecule has 1 aliphatic heterocycles. The van der Waals surface area contributed by atoms with Crippen LogP contribution in [0.1, 0.15) is 40.5 Å². The van der Waals surface area contributed by atoms with Gasteiger partial charge in [-0.1, -0.05) is 18.2 Å². The zero-order valence-electron chi connectivity index (χ0n) is 14.3. The average molecular weight is 414 g/mol. The molecule has 1 aromatic heterocycles. The number of primary amides is 1. The van der Waals surface area contributed by atoms with Gasteiger partial charge in [-0.25, -0.2) is 0 Å². The lowest BCUT2D eigenvalue weighted by Crippen LogP contribution is -2.42. The van der Waals surface area contributed by atoms with E-state index >= 15 is 0 Å². The Kier molecular flexibility index (Phi) is 4.53. The first kappa shape index (κ1) is 17.2. The van der Waals surface area contributed by atoms with Gasteiger partial charge >= 0.3 is 0 Å². The molecule has 1 unspecified atom stereocenters. The Bertz CT molecular complexity index is 864. The normalized spacial score (nSPS) is 24.3. The van der Waals surface area contributed by atoms with Crippen molar-refractivity contribution in [3.8, 4) is 0 Å². The average Bonchev–Trinajstić information content (AvgIpc) is 2.85. The minimum atomic E-state index is -0.230. The topological polar surface area (TPSA) is 76.3 Å². The van der Waals surface area contributed by atoms with Crippen LogP contribution in [0.2, 0.25) is 0 Å². The van der Waals surface area contributed by atoms with E-state index in [9.17, 15) is 9.59 Å². The van der Waals surface area contributed by atoms with Crippen LogP contribution >= 0.6 is 15.9 Å². The van der Waals surface area contributed by atoms with E-state index in [2.05, 4.69) is 20.9 Å². The minimum Gasteiger partial charge on any atom is -0.369 e.